The van der Waals surface area contributed by atoms with E-state index in [1.165, 1.54) is 11.3 Å². The van der Waals surface area contributed by atoms with Gasteiger partial charge in [-0.05, 0) is 35.9 Å². The first-order valence-corrected chi connectivity index (χ1v) is 8.43. The van der Waals surface area contributed by atoms with E-state index in [0.29, 0.717) is 15.6 Å². The Balaban J connectivity index is 1.95. The van der Waals surface area contributed by atoms with Crippen molar-refractivity contribution in [1.82, 2.24) is 4.98 Å². The Bertz CT molecular complexity index is 940. The molecule has 0 atom stereocenters. The van der Waals surface area contributed by atoms with Crippen molar-refractivity contribution in [3.63, 3.8) is 0 Å². The van der Waals surface area contributed by atoms with Crippen molar-refractivity contribution in [2.75, 3.05) is 7.11 Å². The van der Waals surface area contributed by atoms with Crippen molar-refractivity contribution in [2.24, 2.45) is 0 Å². The number of nitriles is 1. The summed E-state index contributed by atoms with van der Waals surface area (Å²) in [6.07, 6.45) is 1.79. The summed E-state index contributed by atoms with van der Waals surface area (Å²) in [7, 11) is 1.63. The number of allylic oxidation sites excluding steroid dienone is 1. The van der Waals surface area contributed by atoms with Gasteiger partial charge in [-0.1, -0.05) is 35.9 Å². The zero-order valence-electron chi connectivity index (χ0n) is 12.9. The SMILES string of the molecule is COc1cccc(-c2csc(/C(C#N)=C/c3cccc(Cl)c3)n2)c1. The average Bonchev–Trinajstić information content (AvgIpc) is 3.10. The number of hydrogen-bond donors (Lipinski definition) is 0. The Hall–Kier alpha value is -2.61. The standard InChI is InChI=1S/C19H13ClN2OS/c1-23-17-7-3-5-14(10-17)18-12-24-19(22-18)15(11-21)8-13-4-2-6-16(20)9-13/h2-10,12H,1H3/b15-8+. The van der Waals surface area contributed by atoms with Crippen LogP contribution in [0.25, 0.3) is 22.9 Å². The third-order valence-corrected chi connectivity index (χ3v) is 4.49. The minimum Gasteiger partial charge on any atom is -0.497 e. The summed E-state index contributed by atoms with van der Waals surface area (Å²) < 4.78 is 5.24. The highest BCUT2D eigenvalue weighted by Crippen LogP contribution is 2.29. The van der Waals surface area contributed by atoms with E-state index < -0.39 is 0 Å². The number of rotatable bonds is 4. The molecule has 0 aliphatic carbocycles. The normalized spacial score (nSPS) is 11.1. The number of benzene rings is 2. The molecule has 0 radical (unpaired) electrons. The van der Waals surface area contributed by atoms with Crippen molar-refractivity contribution in [3.8, 4) is 23.1 Å². The van der Waals surface area contributed by atoms with Crippen LogP contribution in [0.15, 0.2) is 53.9 Å². The largest absolute Gasteiger partial charge is 0.497 e. The average molecular weight is 353 g/mol. The Morgan fingerprint density at radius 2 is 2.08 bits per heavy atom. The molecule has 5 heteroatoms. The third kappa shape index (κ3) is 3.65. The summed E-state index contributed by atoms with van der Waals surface area (Å²) in [6.45, 7) is 0. The van der Waals surface area contributed by atoms with Gasteiger partial charge in [0, 0.05) is 16.0 Å². The number of halogens is 1. The van der Waals surface area contributed by atoms with E-state index in [9.17, 15) is 5.26 Å². The molecule has 2 aromatic carbocycles. The third-order valence-electron chi connectivity index (χ3n) is 3.38. The first-order valence-electron chi connectivity index (χ1n) is 7.17. The maximum Gasteiger partial charge on any atom is 0.134 e. The van der Waals surface area contributed by atoms with Crippen LogP contribution in [-0.2, 0) is 0 Å². The second-order valence-corrected chi connectivity index (χ2v) is 6.29. The van der Waals surface area contributed by atoms with Crippen LogP contribution in [0.1, 0.15) is 10.6 Å². The van der Waals surface area contributed by atoms with Gasteiger partial charge in [0.25, 0.3) is 0 Å². The molecular formula is C19H13ClN2OS. The molecule has 3 rings (SSSR count). The molecule has 0 aliphatic heterocycles. The van der Waals surface area contributed by atoms with E-state index >= 15 is 0 Å². The molecule has 1 aromatic heterocycles. The summed E-state index contributed by atoms with van der Waals surface area (Å²) in [5.74, 6) is 0.775. The highest BCUT2D eigenvalue weighted by Gasteiger charge is 2.10. The molecule has 0 N–H and O–H groups in total. The molecule has 118 valence electrons. The van der Waals surface area contributed by atoms with Crippen molar-refractivity contribution in [2.45, 2.75) is 0 Å². The zero-order chi connectivity index (χ0) is 16.9. The van der Waals surface area contributed by atoms with Gasteiger partial charge >= 0.3 is 0 Å². The Kier molecular flexibility index (Phi) is 4.95. The molecular weight excluding hydrogens is 340 g/mol. The van der Waals surface area contributed by atoms with Crippen LogP contribution < -0.4 is 4.74 Å². The molecule has 0 aliphatic rings. The highest BCUT2D eigenvalue weighted by atomic mass is 35.5. The smallest absolute Gasteiger partial charge is 0.134 e. The van der Waals surface area contributed by atoms with Crippen LogP contribution in [0.2, 0.25) is 5.02 Å². The van der Waals surface area contributed by atoms with Crippen LogP contribution >= 0.6 is 22.9 Å². The lowest BCUT2D eigenvalue weighted by molar-refractivity contribution is 0.415. The predicted molar refractivity (Wildman–Crippen MR) is 99.0 cm³/mol. The Morgan fingerprint density at radius 3 is 2.83 bits per heavy atom. The summed E-state index contributed by atoms with van der Waals surface area (Å²) >= 11 is 7.43. The molecule has 1 heterocycles. The van der Waals surface area contributed by atoms with Gasteiger partial charge in [0.05, 0.1) is 18.4 Å². The van der Waals surface area contributed by atoms with E-state index in [-0.39, 0.29) is 0 Å². The Labute approximate surface area is 149 Å². The van der Waals surface area contributed by atoms with Gasteiger partial charge in [0.15, 0.2) is 0 Å². The Morgan fingerprint density at radius 1 is 1.25 bits per heavy atom. The molecule has 0 spiro atoms. The maximum absolute atomic E-state index is 9.47. The second kappa shape index (κ2) is 7.31. The van der Waals surface area contributed by atoms with Gasteiger partial charge in [0.1, 0.15) is 16.8 Å². The number of methoxy groups -OCH3 is 1. The summed E-state index contributed by atoms with van der Waals surface area (Å²) in [4.78, 5) is 4.58. The van der Waals surface area contributed by atoms with Gasteiger partial charge in [-0.15, -0.1) is 11.3 Å². The van der Waals surface area contributed by atoms with Gasteiger partial charge in [-0.3, -0.25) is 0 Å². The topological polar surface area (TPSA) is 45.9 Å². The fourth-order valence-corrected chi connectivity index (χ4v) is 3.21. The van der Waals surface area contributed by atoms with E-state index in [1.807, 2.05) is 47.8 Å². The molecule has 3 aromatic rings. The van der Waals surface area contributed by atoms with Crippen LogP contribution in [-0.4, -0.2) is 12.1 Å². The van der Waals surface area contributed by atoms with E-state index in [1.54, 1.807) is 19.3 Å². The maximum atomic E-state index is 9.47. The van der Waals surface area contributed by atoms with Gasteiger partial charge in [-0.2, -0.15) is 5.26 Å². The van der Waals surface area contributed by atoms with E-state index in [4.69, 9.17) is 16.3 Å². The number of aromatic nitrogens is 1. The van der Waals surface area contributed by atoms with Gasteiger partial charge in [0.2, 0.25) is 0 Å². The minimum absolute atomic E-state index is 0.511. The molecule has 0 saturated carbocycles. The van der Waals surface area contributed by atoms with E-state index in [0.717, 1.165) is 22.6 Å². The molecule has 24 heavy (non-hydrogen) atoms. The van der Waals surface area contributed by atoms with Gasteiger partial charge < -0.3 is 4.74 Å². The van der Waals surface area contributed by atoms with Crippen LogP contribution in [0.4, 0.5) is 0 Å². The molecule has 0 fully saturated rings. The highest BCUT2D eigenvalue weighted by molar-refractivity contribution is 7.11. The van der Waals surface area contributed by atoms with Crippen LogP contribution in [0, 0.1) is 11.3 Å². The van der Waals surface area contributed by atoms with E-state index in [2.05, 4.69) is 11.1 Å². The number of hydrogen-bond acceptors (Lipinski definition) is 4. The lowest BCUT2D eigenvalue weighted by Crippen LogP contribution is -1.85. The number of nitrogens with zero attached hydrogens (tertiary/aromatic N) is 2. The molecule has 0 saturated heterocycles. The van der Waals surface area contributed by atoms with Crippen molar-refractivity contribution < 1.29 is 4.74 Å². The number of thiazole rings is 1. The summed E-state index contributed by atoms with van der Waals surface area (Å²) in [5.41, 5.74) is 3.16. The minimum atomic E-state index is 0.511. The fraction of sp³-hybridized carbons (Fsp3) is 0.0526. The lowest BCUT2D eigenvalue weighted by Gasteiger charge is -2.01. The first kappa shape index (κ1) is 16.3. The molecule has 0 amide bonds. The molecule has 3 nitrogen and oxygen atoms in total. The van der Waals surface area contributed by atoms with Gasteiger partial charge in [-0.25, -0.2) is 4.98 Å². The molecule has 0 bridgehead atoms. The fourth-order valence-electron chi connectivity index (χ4n) is 2.22. The lowest BCUT2D eigenvalue weighted by atomic mass is 10.1. The quantitative estimate of drug-likeness (QED) is 0.579. The summed E-state index contributed by atoms with van der Waals surface area (Å²) in [5, 5.41) is 12.7. The van der Waals surface area contributed by atoms with Crippen molar-refractivity contribution >= 4 is 34.6 Å². The monoisotopic (exact) mass is 352 g/mol. The van der Waals surface area contributed by atoms with Crippen molar-refractivity contribution in [3.05, 3.63) is 69.5 Å². The zero-order valence-corrected chi connectivity index (χ0v) is 14.4. The van der Waals surface area contributed by atoms with Crippen LogP contribution in [0.5, 0.6) is 5.75 Å². The molecule has 0 unspecified atom stereocenters. The second-order valence-electron chi connectivity index (χ2n) is 4.99. The van der Waals surface area contributed by atoms with Crippen LogP contribution in [0.3, 0.4) is 0 Å². The summed E-state index contributed by atoms with van der Waals surface area (Å²) in [6, 6.07) is 17.3. The first-order chi connectivity index (χ1) is 11.7. The van der Waals surface area contributed by atoms with Crippen molar-refractivity contribution in [1.29, 1.82) is 5.26 Å². The predicted octanol–water partition coefficient (Wildman–Crippen LogP) is 5.54. The number of ether oxygens (including phenoxy) is 1.